The van der Waals surface area contributed by atoms with E-state index in [1.165, 1.54) is 19.2 Å². The highest BCUT2D eigenvalue weighted by Crippen LogP contribution is 2.45. The highest BCUT2D eigenvalue weighted by molar-refractivity contribution is 9.10. The van der Waals surface area contributed by atoms with Crippen LogP contribution in [0.25, 0.3) is 0 Å². The van der Waals surface area contributed by atoms with Crippen LogP contribution in [0.15, 0.2) is 21.7 Å². The Morgan fingerprint density at radius 1 is 1.16 bits per heavy atom. The summed E-state index contributed by atoms with van der Waals surface area (Å²) in [6.07, 6.45) is -5.81. The molecule has 0 amide bonds. The van der Waals surface area contributed by atoms with Crippen molar-refractivity contribution in [1.29, 1.82) is 0 Å². The van der Waals surface area contributed by atoms with Crippen LogP contribution in [-0.2, 0) is 0 Å². The van der Waals surface area contributed by atoms with Crippen molar-refractivity contribution in [3.05, 3.63) is 22.2 Å². The van der Waals surface area contributed by atoms with Crippen LogP contribution >= 0.6 is 15.9 Å². The van der Waals surface area contributed by atoms with Crippen LogP contribution in [0.4, 0.5) is 30.7 Å². The van der Waals surface area contributed by atoms with Gasteiger partial charge in [-0.25, -0.2) is 5.43 Å². The van der Waals surface area contributed by atoms with Gasteiger partial charge in [0.15, 0.2) is 11.5 Å². The van der Waals surface area contributed by atoms with E-state index < -0.39 is 18.1 Å². The van der Waals surface area contributed by atoms with Crippen LogP contribution in [0, 0.1) is 0 Å². The maximum atomic E-state index is 13.0. The molecule has 0 aromatic heterocycles. The zero-order valence-electron chi connectivity index (χ0n) is 12.7. The Morgan fingerprint density at radius 3 is 2.24 bits per heavy atom. The lowest BCUT2D eigenvalue weighted by molar-refractivity contribution is -0.361. The van der Waals surface area contributed by atoms with Crippen LogP contribution in [0.1, 0.15) is 12.5 Å². The van der Waals surface area contributed by atoms with Crippen molar-refractivity contribution in [1.82, 2.24) is 5.43 Å². The molecule has 0 aliphatic heterocycles. The molecule has 12 heteroatoms. The summed E-state index contributed by atoms with van der Waals surface area (Å²) in [6.45, 7) is 2.00. The summed E-state index contributed by atoms with van der Waals surface area (Å²) in [5.41, 5.74) is 0.605. The number of hydrogen-bond acceptors (Lipinski definition) is 4. The Hall–Kier alpha value is -1.72. The first-order chi connectivity index (χ1) is 11.4. The molecule has 1 N–H and O–H groups in total. The molecule has 0 atom stereocenters. The van der Waals surface area contributed by atoms with E-state index in [-0.39, 0.29) is 11.3 Å². The van der Waals surface area contributed by atoms with Crippen LogP contribution in [0.3, 0.4) is 0 Å². The molecule has 1 aromatic carbocycles. The summed E-state index contributed by atoms with van der Waals surface area (Å²) >= 11 is 3.13. The third-order valence-corrected chi connectivity index (χ3v) is 3.30. The minimum Gasteiger partial charge on any atom is -0.493 e. The lowest BCUT2D eigenvalue weighted by atomic mass is 10.2. The number of hydrazone groups is 1. The molecule has 0 radical (unpaired) electrons. The second-order valence-electron chi connectivity index (χ2n) is 4.48. The molecule has 0 fully saturated rings. The van der Waals surface area contributed by atoms with Gasteiger partial charge in [0, 0.05) is 0 Å². The molecule has 1 rings (SSSR count). The quantitative estimate of drug-likeness (QED) is 0.292. The number of hydrogen-bond donors (Lipinski definition) is 1. The van der Waals surface area contributed by atoms with E-state index in [1.807, 2.05) is 0 Å². The zero-order valence-corrected chi connectivity index (χ0v) is 14.3. The molecule has 0 unspecified atom stereocenters. The number of rotatable bonds is 7. The number of benzene rings is 1. The minimum absolute atomic E-state index is 0.0748. The van der Waals surface area contributed by atoms with Crippen molar-refractivity contribution in [2.24, 2.45) is 5.10 Å². The van der Waals surface area contributed by atoms with Crippen molar-refractivity contribution in [2.45, 2.75) is 25.1 Å². The Labute approximate surface area is 146 Å². The topological polar surface area (TPSA) is 42.8 Å². The second-order valence-corrected chi connectivity index (χ2v) is 5.34. The van der Waals surface area contributed by atoms with E-state index in [2.05, 4.69) is 21.0 Å². The Morgan fingerprint density at radius 2 is 1.76 bits per heavy atom. The molecule has 0 aliphatic rings. The molecular formula is C13H12BrF7N2O2. The van der Waals surface area contributed by atoms with Crippen molar-refractivity contribution >= 4 is 22.1 Å². The SMILES string of the molecule is CCOc1c(Br)cc(/C=N/NC(F)(F)C(F)(F)C(F)(F)F)cc1OC. The number of methoxy groups -OCH3 is 1. The van der Waals surface area contributed by atoms with Gasteiger partial charge in [-0.05, 0) is 40.5 Å². The van der Waals surface area contributed by atoms with Crippen molar-refractivity contribution in [2.75, 3.05) is 13.7 Å². The molecule has 0 saturated carbocycles. The second kappa shape index (κ2) is 7.67. The number of alkyl halides is 7. The Kier molecular flexibility index (Phi) is 6.54. The van der Waals surface area contributed by atoms with Gasteiger partial charge in [-0.1, -0.05) is 0 Å². The monoisotopic (exact) mass is 440 g/mol. The van der Waals surface area contributed by atoms with E-state index >= 15 is 0 Å². The van der Waals surface area contributed by atoms with E-state index in [9.17, 15) is 30.7 Å². The normalized spacial score (nSPS) is 13.2. The maximum absolute atomic E-state index is 13.0. The molecule has 25 heavy (non-hydrogen) atoms. The molecule has 0 aliphatic carbocycles. The van der Waals surface area contributed by atoms with Gasteiger partial charge in [0.1, 0.15) is 0 Å². The van der Waals surface area contributed by atoms with Gasteiger partial charge >= 0.3 is 18.1 Å². The van der Waals surface area contributed by atoms with Crippen LogP contribution < -0.4 is 14.9 Å². The number of halogens is 8. The summed E-state index contributed by atoms with van der Waals surface area (Å²) in [5, 5.41) is 2.76. The molecule has 0 saturated heterocycles. The van der Waals surface area contributed by atoms with Gasteiger partial charge < -0.3 is 9.47 Å². The Bertz CT molecular complexity index is 636. The van der Waals surface area contributed by atoms with E-state index in [0.717, 1.165) is 0 Å². The number of nitrogens with zero attached hydrogens (tertiary/aromatic N) is 1. The lowest BCUT2D eigenvalue weighted by Gasteiger charge is -2.27. The van der Waals surface area contributed by atoms with E-state index in [1.54, 1.807) is 6.92 Å². The average molecular weight is 441 g/mol. The number of ether oxygens (including phenoxy) is 2. The summed E-state index contributed by atoms with van der Waals surface area (Å²) in [4.78, 5) is 0. The molecule has 4 nitrogen and oxygen atoms in total. The fraction of sp³-hybridized carbons (Fsp3) is 0.462. The standard InChI is InChI=1S/C13H12BrF7N2O2/c1-3-25-10-8(14)4-7(5-9(10)24-2)6-22-23-13(20,21)11(15,16)12(17,18)19/h4-6,23H,3H2,1-2H3/b22-6+. The Balaban J connectivity index is 3.02. The predicted octanol–water partition coefficient (Wildman–Crippen LogP) is 4.57. The van der Waals surface area contributed by atoms with Crippen molar-refractivity contribution < 1.29 is 40.2 Å². The lowest BCUT2D eigenvalue weighted by Crippen LogP contribution is -2.58. The molecular weight excluding hydrogens is 429 g/mol. The van der Waals surface area contributed by atoms with Gasteiger partial charge in [-0.15, -0.1) is 0 Å². The molecule has 0 heterocycles. The summed E-state index contributed by atoms with van der Waals surface area (Å²) in [7, 11) is 1.29. The van der Waals surface area contributed by atoms with Gasteiger partial charge in [0.05, 0.1) is 24.4 Å². The third-order valence-electron chi connectivity index (χ3n) is 2.71. The predicted molar refractivity (Wildman–Crippen MR) is 78.5 cm³/mol. The number of nitrogens with one attached hydrogen (secondary N) is 1. The fourth-order valence-electron chi connectivity index (χ4n) is 1.53. The summed E-state index contributed by atoms with van der Waals surface area (Å²) < 4.78 is 98.1. The first-order valence-corrected chi connectivity index (χ1v) is 7.29. The van der Waals surface area contributed by atoms with Gasteiger partial charge in [-0.3, -0.25) is 0 Å². The molecule has 142 valence electrons. The smallest absolute Gasteiger partial charge is 0.462 e. The maximum Gasteiger partial charge on any atom is 0.462 e. The van der Waals surface area contributed by atoms with Gasteiger partial charge in [-0.2, -0.15) is 35.8 Å². The molecule has 1 aromatic rings. The average Bonchev–Trinajstić information content (AvgIpc) is 2.48. The highest BCUT2D eigenvalue weighted by Gasteiger charge is 2.73. The third kappa shape index (κ3) is 4.67. The first-order valence-electron chi connectivity index (χ1n) is 6.50. The van der Waals surface area contributed by atoms with Crippen molar-refractivity contribution in [3.8, 4) is 11.5 Å². The molecule has 0 spiro atoms. The largest absolute Gasteiger partial charge is 0.493 e. The first kappa shape index (κ1) is 21.3. The van der Waals surface area contributed by atoms with E-state index in [4.69, 9.17) is 9.47 Å². The van der Waals surface area contributed by atoms with Crippen molar-refractivity contribution in [3.63, 3.8) is 0 Å². The molecule has 0 bridgehead atoms. The summed E-state index contributed by atoms with van der Waals surface area (Å²) in [5.74, 6) is -5.83. The van der Waals surface area contributed by atoms with Crippen LogP contribution in [0.5, 0.6) is 11.5 Å². The van der Waals surface area contributed by atoms with Crippen LogP contribution in [-0.4, -0.2) is 38.1 Å². The zero-order chi connectivity index (χ0) is 19.5. The van der Waals surface area contributed by atoms with Gasteiger partial charge in [0.25, 0.3) is 0 Å². The minimum atomic E-state index is -6.44. The van der Waals surface area contributed by atoms with E-state index in [0.29, 0.717) is 28.5 Å². The van der Waals surface area contributed by atoms with Crippen LogP contribution in [0.2, 0.25) is 0 Å². The summed E-state index contributed by atoms with van der Waals surface area (Å²) in [6, 6.07) is -3.05. The highest BCUT2D eigenvalue weighted by atomic mass is 79.9. The fourth-order valence-corrected chi connectivity index (χ4v) is 2.11. The van der Waals surface area contributed by atoms with Gasteiger partial charge in [0.2, 0.25) is 0 Å².